The normalized spacial score (nSPS) is 11.0. The lowest BCUT2D eigenvalue weighted by Gasteiger charge is -2.19. The van der Waals surface area contributed by atoms with Gasteiger partial charge in [0.15, 0.2) is 11.5 Å². The molecule has 0 aliphatic carbocycles. The Morgan fingerprint density at radius 3 is 2.48 bits per heavy atom. The zero-order chi connectivity index (χ0) is 16.2. The molecule has 116 valence electrons. The van der Waals surface area contributed by atoms with Crippen LogP contribution in [0.4, 0.5) is 15.0 Å². The fraction of sp³-hybridized carbons (Fsp3) is 0.462. The summed E-state index contributed by atoms with van der Waals surface area (Å²) >= 11 is 0. The Kier molecular flexibility index (Phi) is 5.20. The maximum Gasteiger partial charge on any atom is 0.413 e. The summed E-state index contributed by atoms with van der Waals surface area (Å²) in [5.41, 5.74) is -1.15. The van der Waals surface area contributed by atoms with Crippen LogP contribution in [0.15, 0.2) is 12.1 Å². The highest BCUT2D eigenvalue weighted by atomic mass is 19.1. The number of anilines is 1. The monoisotopic (exact) mass is 299 g/mol. The number of nitrogens with zero attached hydrogens (tertiary/aromatic N) is 2. The minimum atomic E-state index is -0.821. The van der Waals surface area contributed by atoms with Gasteiger partial charge in [-0.15, -0.1) is 0 Å². The second-order valence-electron chi connectivity index (χ2n) is 5.14. The molecule has 1 N–H and O–H groups in total. The van der Waals surface area contributed by atoms with E-state index in [0.717, 1.165) is 11.1 Å². The van der Waals surface area contributed by atoms with Gasteiger partial charge in [-0.3, -0.25) is 14.9 Å². The van der Waals surface area contributed by atoms with Gasteiger partial charge in [-0.2, -0.15) is 0 Å². The Morgan fingerprint density at radius 2 is 1.95 bits per heavy atom. The number of carbonyl (C=O) groups excluding carboxylic acids is 2. The van der Waals surface area contributed by atoms with Crippen LogP contribution in [0.5, 0.6) is 0 Å². The second kappa shape index (κ2) is 6.49. The van der Waals surface area contributed by atoms with E-state index in [4.69, 9.17) is 4.74 Å². The zero-order valence-electron chi connectivity index (χ0n) is 12.6. The van der Waals surface area contributed by atoms with E-state index in [1.807, 2.05) is 0 Å². The molecular formula is C13H18FN3O4. The Bertz CT molecular complexity index is 543. The molecule has 2 amide bonds. The van der Waals surface area contributed by atoms with Crippen molar-refractivity contribution in [3.63, 3.8) is 0 Å². The molecule has 0 atom stereocenters. The number of nitrogens with one attached hydrogen (secondary N) is 1. The van der Waals surface area contributed by atoms with Crippen molar-refractivity contribution < 1.29 is 23.6 Å². The molecule has 1 aromatic heterocycles. The lowest BCUT2D eigenvalue weighted by Crippen LogP contribution is -2.29. The number of hydrogen-bond donors (Lipinski definition) is 1. The number of hydroxylamine groups is 2. The average Bonchev–Trinajstić information content (AvgIpc) is 2.37. The third-order valence-corrected chi connectivity index (χ3v) is 2.24. The summed E-state index contributed by atoms with van der Waals surface area (Å²) in [5, 5.41) is 3.15. The minimum absolute atomic E-state index is 0.00139. The first-order valence-corrected chi connectivity index (χ1v) is 6.13. The maximum atomic E-state index is 13.6. The van der Waals surface area contributed by atoms with Crippen molar-refractivity contribution in [1.82, 2.24) is 10.0 Å². The Labute approximate surface area is 122 Å². The molecule has 1 heterocycles. The van der Waals surface area contributed by atoms with Gasteiger partial charge in [-0.05, 0) is 32.9 Å². The van der Waals surface area contributed by atoms with E-state index in [1.54, 1.807) is 20.8 Å². The molecular weight excluding hydrogens is 281 g/mol. The third kappa shape index (κ3) is 4.99. The van der Waals surface area contributed by atoms with Gasteiger partial charge < -0.3 is 4.74 Å². The van der Waals surface area contributed by atoms with Crippen LogP contribution >= 0.6 is 0 Å². The number of pyridine rings is 1. The number of carbonyl (C=O) groups is 2. The van der Waals surface area contributed by atoms with Crippen LogP contribution < -0.4 is 5.32 Å². The molecule has 0 unspecified atom stereocenters. The van der Waals surface area contributed by atoms with E-state index in [9.17, 15) is 14.0 Å². The summed E-state index contributed by atoms with van der Waals surface area (Å²) in [6.45, 7) is 5.10. The van der Waals surface area contributed by atoms with Crippen LogP contribution in [0, 0.1) is 5.82 Å². The molecule has 1 rings (SSSR count). The summed E-state index contributed by atoms with van der Waals surface area (Å²) in [6.07, 6.45) is -0.750. The van der Waals surface area contributed by atoms with Crippen molar-refractivity contribution in [2.24, 2.45) is 0 Å². The molecule has 0 fully saturated rings. The molecule has 0 aliphatic heterocycles. The highest BCUT2D eigenvalue weighted by Gasteiger charge is 2.21. The molecule has 7 nitrogen and oxygen atoms in total. The fourth-order valence-corrected chi connectivity index (χ4v) is 1.30. The van der Waals surface area contributed by atoms with Gasteiger partial charge in [-0.25, -0.2) is 19.2 Å². The van der Waals surface area contributed by atoms with E-state index < -0.39 is 29.1 Å². The average molecular weight is 299 g/mol. The first-order valence-electron chi connectivity index (χ1n) is 6.13. The SMILES string of the molecule is CON(C)C(=O)c1nc(NC(=O)OC(C)(C)C)ccc1F. The minimum Gasteiger partial charge on any atom is -0.444 e. The standard InChI is InChI=1S/C13H18FN3O4/c1-13(2,3)21-12(19)16-9-7-6-8(14)10(15-9)11(18)17(4)20-5/h6-7H,1-5H3,(H,15,16,19). The van der Waals surface area contributed by atoms with E-state index in [2.05, 4.69) is 15.1 Å². The highest BCUT2D eigenvalue weighted by Crippen LogP contribution is 2.14. The zero-order valence-corrected chi connectivity index (χ0v) is 12.6. The summed E-state index contributed by atoms with van der Waals surface area (Å²) < 4.78 is 18.7. The number of aromatic nitrogens is 1. The molecule has 8 heteroatoms. The van der Waals surface area contributed by atoms with Crippen molar-refractivity contribution in [3.8, 4) is 0 Å². The van der Waals surface area contributed by atoms with Crippen LogP contribution in [-0.4, -0.2) is 41.8 Å². The van der Waals surface area contributed by atoms with Crippen molar-refractivity contribution >= 4 is 17.8 Å². The van der Waals surface area contributed by atoms with Gasteiger partial charge in [0.1, 0.15) is 11.4 Å². The fourth-order valence-electron chi connectivity index (χ4n) is 1.30. The molecule has 0 saturated heterocycles. The third-order valence-electron chi connectivity index (χ3n) is 2.24. The molecule has 0 bridgehead atoms. The molecule has 0 aliphatic rings. The highest BCUT2D eigenvalue weighted by molar-refractivity contribution is 5.92. The molecule has 0 spiro atoms. The van der Waals surface area contributed by atoms with E-state index >= 15 is 0 Å². The van der Waals surface area contributed by atoms with Gasteiger partial charge in [0.25, 0.3) is 5.91 Å². The Morgan fingerprint density at radius 1 is 1.33 bits per heavy atom. The summed E-state index contributed by atoms with van der Waals surface area (Å²) in [7, 11) is 2.58. The van der Waals surface area contributed by atoms with Gasteiger partial charge in [0, 0.05) is 7.05 Å². The lowest BCUT2D eigenvalue weighted by molar-refractivity contribution is -0.0763. The van der Waals surface area contributed by atoms with E-state index in [1.165, 1.54) is 20.2 Å². The first kappa shape index (κ1) is 16.8. The Hall–Kier alpha value is -2.22. The number of rotatable bonds is 3. The first-order chi connectivity index (χ1) is 9.64. The van der Waals surface area contributed by atoms with Crippen LogP contribution in [0.3, 0.4) is 0 Å². The quantitative estimate of drug-likeness (QED) is 0.865. The number of halogens is 1. The van der Waals surface area contributed by atoms with Crippen molar-refractivity contribution in [3.05, 3.63) is 23.6 Å². The maximum absolute atomic E-state index is 13.6. The van der Waals surface area contributed by atoms with Crippen LogP contribution in [0.1, 0.15) is 31.3 Å². The lowest BCUT2D eigenvalue weighted by atomic mass is 10.2. The van der Waals surface area contributed by atoms with Gasteiger partial charge >= 0.3 is 6.09 Å². The molecule has 0 radical (unpaired) electrons. The van der Waals surface area contributed by atoms with Crippen LogP contribution in [-0.2, 0) is 9.57 Å². The smallest absolute Gasteiger partial charge is 0.413 e. The number of amides is 2. The van der Waals surface area contributed by atoms with Crippen molar-refractivity contribution in [2.75, 3.05) is 19.5 Å². The molecule has 21 heavy (non-hydrogen) atoms. The van der Waals surface area contributed by atoms with Gasteiger partial charge in [0.2, 0.25) is 0 Å². The summed E-state index contributed by atoms with van der Waals surface area (Å²) in [5.74, 6) is -1.60. The van der Waals surface area contributed by atoms with Crippen LogP contribution in [0.2, 0.25) is 0 Å². The molecule has 1 aromatic rings. The molecule has 0 aromatic carbocycles. The number of hydrogen-bond acceptors (Lipinski definition) is 5. The molecule has 0 saturated carbocycles. The topological polar surface area (TPSA) is 80.8 Å². The summed E-state index contributed by atoms with van der Waals surface area (Å²) in [6, 6.07) is 2.25. The van der Waals surface area contributed by atoms with Crippen LogP contribution in [0.25, 0.3) is 0 Å². The van der Waals surface area contributed by atoms with Crippen molar-refractivity contribution in [2.45, 2.75) is 26.4 Å². The summed E-state index contributed by atoms with van der Waals surface area (Å²) in [4.78, 5) is 31.8. The van der Waals surface area contributed by atoms with Gasteiger partial charge in [-0.1, -0.05) is 0 Å². The van der Waals surface area contributed by atoms with Crippen molar-refractivity contribution in [1.29, 1.82) is 0 Å². The van der Waals surface area contributed by atoms with Gasteiger partial charge in [0.05, 0.1) is 7.11 Å². The van der Waals surface area contributed by atoms with E-state index in [0.29, 0.717) is 0 Å². The largest absolute Gasteiger partial charge is 0.444 e. The number of ether oxygens (including phenoxy) is 1. The Balaban J connectivity index is 2.92. The second-order valence-corrected chi connectivity index (χ2v) is 5.14. The van der Waals surface area contributed by atoms with E-state index in [-0.39, 0.29) is 5.82 Å². The predicted octanol–water partition coefficient (Wildman–Crippen LogP) is 2.20. The predicted molar refractivity (Wildman–Crippen MR) is 73.2 cm³/mol.